The number of anilines is 1. The lowest BCUT2D eigenvalue weighted by molar-refractivity contribution is 0.137. The number of hydrogen-bond acceptors (Lipinski definition) is 4. The first-order chi connectivity index (χ1) is 16.9. The van der Waals surface area contributed by atoms with Gasteiger partial charge in [-0.05, 0) is 76.5 Å². The monoisotopic (exact) mass is 474 g/mol. The minimum absolute atomic E-state index is 0.0266. The second-order valence-electron chi connectivity index (χ2n) is 9.53. The fourth-order valence-corrected chi connectivity index (χ4v) is 4.44. The number of aromatic nitrogens is 1. The third-order valence-electron chi connectivity index (χ3n) is 6.63. The number of aliphatic hydroxyl groups excluding tert-OH is 1. The minimum Gasteiger partial charge on any atom is -0.393 e. The van der Waals surface area contributed by atoms with Crippen LogP contribution in [0.1, 0.15) is 49.4 Å². The van der Waals surface area contributed by atoms with Gasteiger partial charge in [0, 0.05) is 37.0 Å². The zero-order valence-corrected chi connectivity index (χ0v) is 21.9. The molecule has 5 heteroatoms. The number of nitrogens with zero attached hydrogens (tertiary/aromatic N) is 1. The number of aromatic amines is 1. The van der Waals surface area contributed by atoms with Crippen molar-refractivity contribution in [1.82, 2.24) is 15.6 Å². The van der Waals surface area contributed by atoms with Crippen LogP contribution >= 0.6 is 0 Å². The molecule has 2 aromatic carbocycles. The maximum Gasteiger partial charge on any atom is 0.113 e. The highest BCUT2D eigenvalue weighted by Crippen LogP contribution is 2.36. The van der Waals surface area contributed by atoms with Crippen molar-refractivity contribution < 1.29 is 5.11 Å². The Labute approximate surface area is 211 Å². The number of aliphatic hydroxyl groups is 1. The highest BCUT2D eigenvalue weighted by Gasteiger charge is 2.19. The van der Waals surface area contributed by atoms with Crippen LogP contribution < -0.4 is 15.5 Å². The first-order valence-corrected chi connectivity index (χ1v) is 12.7. The van der Waals surface area contributed by atoms with Crippen molar-refractivity contribution in [2.45, 2.75) is 45.8 Å². The van der Waals surface area contributed by atoms with Crippen molar-refractivity contribution in [3.8, 4) is 11.1 Å². The molecule has 3 heterocycles. The van der Waals surface area contributed by atoms with Crippen molar-refractivity contribution in [2.75, 3.05) is 38.6 Å². The van der Waals surface area contributed by atoms with Gasteiger partial charge in [0.1, 0.15) is 5.82 Å². The maximum atomic E-state index is 8.87. The Morgan fingerprint density at radius 3 is 2.23 bits per heavy atom. The quantitative estimate of drug-likeness (QED) is 0.402. The van der Waals surface area contributed by atoms with Gasteiger partial charge in [-0.1, -0.05) is 60.2 Å². The average molecular weight is 475 g/mol. The third kappa shape index (κ3) is 7.56. The molecule has 0 saturated carbocycles. The first kappa shape index (κ1) is 26.7. The van der Waals surface area contributed by atoms with E-state index in [4.69, 9.17) is 5.11 Å². The summed E-state index contributed by atoms with van der Waals surface area (Å²) in [6.07, 6.45) is 6.26. The smallest absolute Gasteiger partial charge is 0.113 e. The lowest BCUT2D eigenvalue weighted by atomic mass is 9.97. The molecule has 2 aliphatic rings. The fourth-order valence-electron chi connectivity index (χ4n) is 4.44. The van der Waals surface area contributed by atoms with Gasteiger partial charge in [0.15, 0.2) is 0 Å². The number of likely N-dealkylation sites (N-methyl/N-ethyl adjacent to an activating group) is 1. The Morgan fingerprint density at radius 2 is 1.63 bits per heavy atom. The van der Waals surface area contributed by atoms with Crippen LogP contribution in [0.15, 0.2) is 66.4 Å². The van der Waals surface area contributed by atoms with E-state index in [0.29, 0.717) is 6.04 Å². The van der Waals surface area contributed by atoms with Gasteiger partial charge in [-0.25, -0.2) is 0 Å². The molecule has 1 saturated heterocycles. The Balaban J connectivity index is 0.000000169. The summed E-state index contributed by atoms with van der Waals surface area (Å²) in [4.78, 5) is 5.67. The van der Waals surface area contributed by atoms with E-state index < -0.39 is 0 Å². The van der Waals surface area contributed by atoms with Gasteiger partial charge < -0.3 is 25.6 Å². The van der Waals surface area contributed by atoms with Gasteiger partial charge in [-0.15, -0.1) is 0 Å². The number of aryl methyl sites for hydroxylation is 1. The number of hydrogen-bond donors (Lipinski definition) is 4. The summed E-state index contributed by atoms with van der Waals surface area (Å²) in [5.74, 6) is 1.22. The van der Waals surface area contributed by atoms with E-state index in [-0.39, 0.29) is 6.10 Å². The molecule has 1 aromatic heterocycles. The summed E-state index contributed by atoms with van der Waals surface area (Å²) in [6, 6.07) is 19.4. The Morgan fingerprint density at radius 1 is 0.971 bits per heavy atom. The topological polar surface area (TPSA) is 63.3 Å². The molecule has 1 unspecified atom stereocenters. The van der Waals surface area contributed by atoms with Gasteiger partial charge in [-0.3, -0.25) is 0 Å². The number of H-pyrrole nitrogens is 1. The summed E-state index contributed by atoms with van der Waals surface area (Å²) in [6.45, 7) is 9.48. The fraction of sp³-hybridized carbons (Fsp3) is 0.400. The second-order valence-corrected chi connectivity index (χ2v) is 9.53. The highest BCUT2D eigenvalue weighted by molar-refractivity contribution is 5.86. The van der Waals surface area contributed by atoms with E-state index in [2.05, 4.69) is 109 Å². The zero-order chi connectivity index (χ0) is 25.2. The summed E-state index contributed by atoms with van der Waals surface area (Å²) in [7, 11) is 4.10. The molecule has 5 rings (SSSR count). The van der Waals surface area contributed by atoms with Crippen LogP contribution in [0, 0.1) is 6.92 Å². The summed E-state index contributed by atoms with van der Waals surface area (Å²) >= 11 is 0. The molecule has 4 N–H and O–H groups in total. The molecule has 35 heavy (non-hydrogen) atoms. The molecule has 0 spiro atoms. The Hall–Kier alpha value is -2.86. The molecule has 0 amide bonds. The molecule has 188 valence electrons. The van der Waals surface area contributed by atoms with Crippen molar-refractivity contribution in [3.05, 3.63) is 83.1 Å². The maximum absolute atomic E-state index is 8.87. The molecule has 0 aliphatic carbocycles. The normalized spacial score (nSPS) is 16.2. The molecule has 2 aliphatic heterocycles. The average Bonchev–Trinajstić information content (AvgIpc) is 3.29. The van der Waals surface area contributed by atoms with E-state index in [1.165, 1.54) is 39.2 Å². The SMILES string of the molecule is CC1=Cc2c(-c3ccccc3C)c[nH]c2N(C)C1.CNC(C)c1ccccc1.OC1CCNCC1. The Bertz CT molecular complexity index is 1070. The van der Waals surface area contributed by atoms with Crippen LogP contribution in [0.2, 0.25) is 0 Å². The number of benzene rings is 2. The number of nitrogens with one attached hydrogen (secondary N) is 3. The lowest BCUT2D eigenvalue weighted by Gasteiger charge is -2.24. The van der Waals surface area contributed by atoms with Crippen LogP contribution in [0.25, 0.3) is 17.2 Å². The molecule has 1 atom stereocenters. The largest absolute Gasteiger partial charge is 0.393 e. The van der Waals surface area contributed by atoms with Crippen LogP contribution in [-0.2, 0) is 0 Å². The van der Waals surface area contributed by atoms with Gasteiger partial charge >= 0.3 is 0 Å². The van der Waals surface area contributed by atoms with E-state index in [1.807, 2.05) is 13.1 Å². The van der Waals surface area contributed by atoms with Crippen molar-refractivity contribution >= 4 is 11.9 Å². The second kappa shape index (κ2) is 13.3. The van der Waals surface area contributed by atoms with Crippen molar-refractivity contribution in [1.29, 1.82) is 0 Å². The highest BCUT2D eigenvalue weighted by atomic mass is 16.3. The van der Waals surface area contributed by atoms with Crippen molar-refractivity contribution in [2.24, 2.45) is 0 Å². The molecule has 1 fully saturated rings. The molecule has 0 radical (unpaired) electrons. The number of rotatable bonds is 3. The predicted octanol–water partition coefficient (Wildman–Crippen LogP) is 5.54. The molecular weight excluding hydrogens is 432 g/mol. The van der Waals surface area contributed by atoms with Crippen molar-refractivity contribution in [3.63, 3.8) is 0 Å². The lowest BCUT2D eigenvalue weighted by Crippen LogP contribution is -2.30. The van der Waals surface area contributed by atoms with Crippen LogP contribution in [0.5, 0.6) is 0 Å². The predicted molar refractivity (Wildman–Crippen MR) is 150 cm³/mol. The number of piperidine rings is 1. The first-order valence-electron chi connectivity index (χ1n) is 12.7. The summed E-state index contributed by atoms with van der Waals surface area (Å²) in [5.41, 5.74) is 7.99. The zero-order valence-electron chi connectivity index (χ0n) is 21.9. The molecular formula is C30H42N4O. The van der Waals surface area contributed by atoms with E-state index in [1.54, 1.807) is 0 Å². The molecule has 0 bridgehead atoms. The molecule has 5 nitrogen and oxygen atoms in total. The van der Waals surface area contributed by atoms with Gasteiger partial charge in [0.25, 0.3) is 0 Å². The third-order valence-corrected chi connectivity index (χ3v) is 6.63. The molecule has 3 aromatic rings. The van der Waals surface area contributed by atoms with Gasteiger partial charge in [-0.2, -0.15) is 0 Å². The van der Waals surface area contributed by atoms with Gasteiger partial charge in [0.2, 0.25) is 0 Å². The van der Waals surface area contributed by atoms with Gasteiger partial charge in [0.05, 0.1) is 6.10 Å². The number of fused-ring (bicyclic) bond motifs is 1. The minimum atomic E-state index is -0.0266. The summed E-state index contributed by atoms with van der Waals surface area (Å²) < 4.78 is 0. The van der Waals surface area contributed by atoms with E-state index in [0.717, 1.165) is 32.5 Å². The standard InChI is InChI=1S/C16H18N2.C9H13N.C5H11NO/c1-11-8-14-15(9-17-16(14)18(3)10-11)13-7-5-4-6-12(13)2;1-8(10-2)9-6-4-3-5-7-9;7-5-1-3-6-4-2-5/h4-9,17H,10H2,1-3H3;3-8,10H,1-2H3;5-7H,1-4H2. The van der Waals surface area contributed by atoms with E-state index in [9.17, 15) is 0 Å². The summed E-state index contributed by atoms with van der Waals surface area (Å²) in [5, 5.41) is 15.2. The van der Waals surface area contributed by atoms with Crippen LogP contribution in [0.4, 0.5) is 5.82 Å². The Kier molecular flexibility index (Phi) is 10.2. The van der Waals surface area contributed by atoms with E-state index >= 15 is 0 Å². The van der Waals surface area contributed by atoms with Crippen LogP contribution in [0.3, 0.4) is 0 Å². The van der Waals surface area contributed by atoms with Crippen LogP contribution in [-0.4, -0.2) is 49.9 Å².